The first-order chi connectivity index (χ1) is 7.47. The Balaban J connectivity index is 4.09. The van der Waals surface area contributed by atoms with Crippen LogP contribution in [0.4, 0.5) is 0 Å². The molecule has 0 unspecified atom stereocenters. The molecule has 0 fully saturated rings. The van der Waals surface area contributed by atoms with Gasteiger partial charge < -0.3 is 22.8 Å². The third-order valence-corrected chi connectivity index (χ3v) is 3.81. The minimum Gasteiger partial charge on any atom is -0.467 e. The summed E-state index contributed by atoms with van der Waals surface area (Å²) in [6, 6.07) is 0. The average Bonchev–Trinajstić information content (AvgIpc) is 2.32. The summed E-state index contributed by atoms with van der Waals surface area (Å²) in [5.41, 5.74) is 0. The van der Waals surface area contributed by atoms with Crippen LogP contribution in [-0.4, -0.2) is 55.3 Å². The van der Waals surface area contributed by atoms with Crippen LogP contribution in [0.3, 0.4) is 0 Å². The first-order valence-corrected chi connectivity index (χ1v) is 6.66. The Kier molecular flexibility index (Phi) is 6.89. The maximum absolute atomic E-state index is 10.8. The van der Waals surface area contributed by atoms with Gasteiger partial charge in [0.15, 0.2) is 0 Å². The topological polar surface area (TPSA) is 80.3 Å². The average molecular weight is 252 g/mol. The lowest BCUT2D eigenvalue weighted by molar-refractivity contribution is -0.146. The molecule has 0 aliphatic carbocycles. The maximum Gasteiger partial charge on any atom is 0.498 e. The van der Waals surface area contributed by atoms with Crippen LogP contribution in [0.25, 0.3) is 0 Å². The molecule has 0 bridgehead atoms. The number of esters is 2. The molecule has 0 spiro atoms. The molecule has 0 radical (unpaired) electrons. The summed E-state index contributed by atoms with van der Waals surface area (Å²) >= 11 is 0. The Morgan fingerprint density at radius 2 is 1.31 bits per heavy atom. The summed E-state index contributed by atoms with van der Waals surface area (Å²) < 4.78 is 24.1. The van der Waals surface area contributed by atoms with Gasteiger partial charge in [-0.15, -0.1) is 0 Å². The van der Waals surface area contributed by atoms with Crippen LogP contribution >= 0.6 is 0 Å². The zero-order valence-corrected chi connectivity index (χ0v) is 10.8. The second kappa shape index (κ2) is 7.33. The molecule has 8 heteroatoms. The summed E-state index contributed by atoms with van der Waals surface area (Å²) in [5.74, 6) is -1.09. The third-order valence-electron chi connectivity index (χ3n) is 1.73. The molecule has 0 aromatic carbocycles. The number of methoxy groups -OCH3 is 2. The van der Waals surface area contributed by atoms with E-state index < -0.39 is 20.7 Å². The van der Waals surface area contributed by atoms with Gasteiger partial charge in [0.25, 0.3) is 0 Å². The van der Waals surface area contributed by atoms with Gasteiger partial charge in [-0.25, -0.2) is 9.59 Å². The van der Waals surface area contributed by atoms with Crippen molar-refractivity contribution in [2.75, 3.05) is 34.5 Å². The van der Waals surface area contributed by atoms with Gasteiger partial charge >= 0.3 is 20.7 Å². The molecule has 0 saturated heterocycles. The van der Waals surface area contributed by atoms with Crippen molar-refractivity contribution in [3.8, 4) is 0 Å². The molecule has 94 valence electrons. The molecule has 0 rings (SSSR count). The minimum atomic E-state index is -2.98. The lowest BCUT2D eigenvalue weighted by Gasteiger charge is -2.22. The highest BCUT2D eigenvalue weighted by atomic mass is 28.4. The van der Waals surface area contributed by atoms with E-state index in [2.05, 4.69) is 9.47 Å². The van der Waals surface area contributed by atoms with Crippen molar-refractivity contribution in [3.05, 3.63) is 0 Å². The number of rotatable bonds is 7. The predicted octanol–water partition coefficient (Wildman–Crippen LogP) is -0.419. The first kappa shape index (κ1) is 15.0. The largest absolute Gasteiger partial charge is 0.498 e. The molecule has 0 amide bonds. The van der Waals surface area contributed by atoms with Crippen molar-refractivity contribution >= 4 is 20.7 Å². The van der Waals surface area contributed by atoms with Crippen molar-refractivity contribution in [2.24, 2.45) is 0 Å². The minimum absolute atomic E-state index is 0.283. The Morgan fingerprint density at radius 3 is 1.56 bits per heavy atom. The standard InChI is InChI=1S/C8H16O7Si/c1-11-7(9)5-14-16(4,13-3)15-6-8(10)12-2/h5-6H2,1-4H3. The zero-order chi connectivity index (χ0) is 12.6. The molecule has 16 heavy (non-hydrogen) atoms. The number of carbonyl (C=O) groups is 2. The molecule has 0 aromatic rings. The molecular formula is C8H16O7Si. The molecule has 0 aromatic heterocycles. The van der Waals surface area contributed by atoms with Crippen LogP contribution in [0, 0.1) is 0 Å². The number of hydrogen-bond acceptors (Lipinski definition) is 7. The Morgan fingerprint density at radius 1 is 0.938 bits per heavy atom. The number of carbonyl (C=O) groups excluding carboxylic acids is 2. The lowest BCUT2D eigenvalue weighted by Crippen LogP contribution is -2.44. The van der Waals surface area contributed by atoms with Gasteiger partial charge in [-0.05, 0) is 0 Å². The third kappa shape index (κ3) is 5.81. The zero-order valence-electron chi connectivity index (χ0n) is 9.77. The Labute approximate surface area is 94.9 Å². The predicted molar refractivity (Wildman–Crippen MR) is 54.6 cm³/mol. The van der Waals surface area contributed by atoms with Gasteiger partial charge in [0.05, 0.1) is 14.2 Å². The summed E-state index contributed by atoms with van der Waals surface area (Å²) in [5, 5.41) is 0. The van der Waals surface area contributed by atoms with Gasteiger partial charge in [0, 0.05) is 13.7 Å². The quantitative estimate of drug-likeness (QED) is 0.449. The molecular weight excluding hydrogens is 236 g/mol. The van der Waals surface area contributed by atoms with E-state index in [0.717, 1.165) is 0 Å². The van der Waals surface area contributed by atoms with Crippen LogP contribution in [0.15, 0.2) is 0 Å². The fourth-order valence-electron chi connectivity index (χ4n) is 0.657. The Hall–Kier alpha value is -0.963. The van der Waals surface area contributed by atoms with Crippen LogP contribution in [0.5, 0.6) is 0 Å². The van der Waals surface area contributed by atoms with E-state index in [9.17, 15) is 9.59 Å². The number of ether oxygens (including phenoxy) is 2. The molecule has 0 aliphatic rings. The van der Waals surface area contributed by atoms with E-state index in [4.69, 9.17) is 13.3 Å². The van der Waals surface area contributed by atoms with E-state index in [1.54, 1.807) is 6.55 Å². The highest BCUT2D eigenvalue weighted by Crippen LogP contribution is 2.07. The Bertz CT molecular complexity index is 223. The van der Waals surface area contributed by atoms with Gasteiger partial charge in [0.2, 0.25) is 0 Å². The van der Waals surface area contributed by atoms with Crippen LogP contribution in [0.2, 0.25) is 6.55 Å². The van der Waals surface area contributed by atoms with Crippen molar-refractivity contribution < 1.29 is 32.3 Å². The fraction of sp³-hybridized carbons (Fsp3) is 0.750. The second-order valence-electron chi connectivity index (χ2n) is 2.80. The van der Waals surface area contributed by atoms with Gasteiger partial charge in [-0.1, -0.05) is 0 Å². The lowest BCUT2D eigenvalue weighted by atomic mass is 10.8. The van der Waals surface area contributed by atoms with Crippen molar-refractivity contribution in [1.82, 2.24) is 0 Å². The van der Waals surface area contributed by atoms with Crippen LogP contribution in [-0.2, 0) is 32.3 Å². The van der Waals surface area contributed by atoms with Crippen LogP contribution < -0.4 is 0 Å². The summed E-state index contributed by atoms with van der Waals surface area (Å²) in [7, 11) is 0.878. The van der Waals surface area contributed by atoms with E-state index in [0.29, 0.717) is 0 Å². The van der Waals surface area contributed by atoms with Crippen molar-refractivity contribution in [1.29, 1.82) is 0 Å². The summed E-state index contributed by atoms with van der Waals surface area (Å²) in [6.07, 6.45) is 0. The fourth-order valence-corrected chi connectivity index (χ4v) is 1.74. The molecule has 0 heterocycles. The second-order valence-corrected chi connectivity index (χ2v) is 5.51. The SMILES string of the molecule is COC(=O)CO[Si](C)(OC)OCC(=O)OC. The molecule has 0 atom stereocenters. The maximum atomic E-state index is 10.8. The van der Waals surface area contributed by atoms with Gasteiger partial charge in [0.1, 0.15) is 13.2 Å². The smallest absolute Gasteiger partial charge is 0.467 e. The van der Waals surface area contributed by atoms with E-state index in [1.807, 2.05) is 0 Å². The van der Waals surface area contributed by atoms with Crippen LogP contribution in [0.1, 0.15) is 0 Å². The van der Waals surface area contributed by atoms with Crippen molar-refractivity contribution in [3.63, 3.8) is 0 Å². The van der Waals surface area contributed by atoms with E-state index in [-0.39, 0.29) is 13.2 Å². The highest BCUT2D eigenvalue weighted by Gasteiger charge is 2.35. The van der Waals surface area contributed by atoms with Crippen molar-refractivity contribution in [2.45, 2.75) is 6.55 Å². The summed E-state index contributed by atoms with van der Waals surface area (Å²) in [6.45, 7) is 0.987. The highest BCUT2D eigenvalue weighted by molar-refractivity contribution is 6.59. The van der Waals surface area contributed by atoms with E-state index >= 15 is 0 Å². The summed E-state index contributed by atoms with van der Waals surface area (Å²) in [4.78, 5) is 21.7. The number of hydrogen-bond donors (Lipinski definition) is 0. The molecule has 0 saturated carbocycles. The molecule has 7 nitrogen and oxygen atoms in total. The van der Waals surface area contributed by atoms with Gasteiger partial charge in [-0.2, -0.15) is 0 Å². The van der Waals surface area contributed by atoms with E-state index in [1.165, 1.54) is 21.3 Å². The molecule has 0 aliphatic heterocycles. The monoisotopic (exact) mass is 252 g/mol. The first-order valence-electron chi connectivity index (χ1n) is 4.44. The molecule has 0 N–H and O–H groups in total. The van der Waals surface area contributed by atoms with Gasteiger partial charge in [-0.3, -0.25) is 0 Å². The normalized spacial score (nSPS) is 11.0.